The molecule has 0 saturated carbocycles. The maximum atomic E-state index is 12.0. The zero-order valence-electron chi connectivity index (χ0n) is 15.6. The highest BCUT2D eigenvalue weighted by molar-refractivity contribution is 5.85. The minimum atomic E-state index is -0.275. The zero-order chi connectivity index (χ0) is 17.5. The van der Waals surface area contributed by atoms with E-state index in [0.717, 1.165) is 12.1 Å². The van der Waals surface area contributed by atoms with Crippen molar-refractivity contribution in [1.82, 2.24) is 10.6 Å². The fraction of sp³-hybridized carbons (Fsp3) is 0.611. The van der Waals surface area contributed by atoms with Gasteiger partial charge in [0, 0.05) is 17.6 Å². The summed E-state index contributed by atoms with van der Waals surface area (Å²) in [7, 11) is 1.60. The topological polar surface area (TPSA) is 59.6 Å². The Labute approximate surface area is 151 Å². The molecule has 5 nitrogen and oxygen atoms in total. The van der Waals surface area contributed by atoms with Gasteiger partial charge in [-0.1, -0.05) is 26.0 Å². The van der Waals surface area contributed by atoms with Crippen LogP contribution in [-0.2, 0) is 11.3 Å². The Morgan fingerprint density at radius 2 is 1.92 bits per heavy atom. The van der Waals surface area contributed by atoms with E-state index in [1.165, 1.54) is 0 Å². The zero-order valence-corrected chi connectivity index (χ0v) is 16.4. The molecule has 1 aromatic rings. The lowest BCUT2D eigenvalue weighted by Gasteiger charge is -2.21. The number of halogens is 1. The van der Waals surface area contributed by atoms with Crippen LogP contribution < -0.4 is 20.1 Å². The van der Waals surface area contributed by atoms with Crippen LogP contribution in [0, 0.1) is 5.92 Å². The second-order valence-corrected chi connectivity index (χ2v) is 7.06. The van der Waals surface area contributed by atoms with Crippen molar-refractivity contribution < 1.29 is 14.3 Å². The number of hydrogen-bond donors (Lipinski definition) is 2. The molecule has 2 N–H and O–H groups in total. The molecule has 0 bridgehead atoms. The van der Waals surface area contributed by atoms with E-state index in [9.17, 15) is 4.79 Å². The summed E-state index contributed by atoms with van der Waals surface area (Å²) in [6.07, 6.45) is 0. The second-order valence-electron chi connectivity index (χ2n) is 7.06. The third kappa shape index (κ3) is 8.41. The van der Waals surface area contributed by atoms with Crippen LogP contribution in [0.25, 0.3) is 0 Å². The minimum absolute atomic E-state index is 0. The molecular formula is C18H31ClN2O3. The number of benzene rings is 1. The summed E-state index contributed by atoms with van der Waals surface area (Å²) in [5.74, 6) is 1.68. The summed E-state index contributed by atoms with van der Waals surface area (Å²) in [4.78, 5) is 12.0. The normalized spacial score (nSPS) is 11.0. The highest BCUT2D eigenvalue weighted by Crippen LogP contribution is 2.31. The van der Waals surface area contributed by atoms with E-state index in [1.807, 2.05) is 39.0 Å². The average Bonchev–Trinajstić information content (AvgIpc) is 2.43. The average molecular weight is 359 g/mol. The van der Waals surface area contributed by atoms with E-state index in [2.05, 4.69) is 24.5 Å². The van der Waals surface area contributed by atoms with Crippen molar-refractivity contribution in [2.75, 3.05) is 20.3 Å². The van der Waals surface area contributed by atoms with Gasteiger partial charge in [-0.2, -0.15) is 0 Å². The third-order valence-electron chi connectivity index (χ3n) is 3.01. The summed E-state index contributed by atoms with van der Waals surface area (Å²) in [6.45, 7) is 11.7. The monoisotopic (exact) mass is 358 g/mol. The first-order valence-corrected chi connectivity index (χ1v) is 8.03. The first-order valence-electron chi connectivity index (χ1n) is 8.03. The van der Waals surface area contributed by atoms with Crippen LogP contribution in [-0.4, -0.2) is 31.7 Å². The predicted molar refractivity (Wildman–Crippen MR) is 100 cm³/mol. The lowest BCUT2D eigenvalue weighted by Crippen LogP contribution is -2.43. The molecule has 0 heterocycles. The molecular weight excluding hydrogens is 328 g/mol. The van der Waals surface area contributed by atoms with E-state index in [1.54, 1.807) is 7.11 Å². The Morgan fingerprint density at radius 3 is 2.46 bits per heavy atom. The van der Waals surface area contributed by atoms with Gasteiger partial charge in [-0.25, -0.2) is 0 Å². The van der Waals surface area contributed by atoms with E-state index >= 15 is 0 Å². The molecule has 0 radical (unpaired) electrons. The van der Waals surface area contributed by atoms with Crippen LogP contribution in [0.3, 0.4) is 0 Å². The van der Waals surface area contributed by atoms with E-state index < -0.39 is 0 Å². The van der Waals surface area contributed by atoms with Gasteiger partial charge < -0.3 is 20.1 Å². The minimum Gasteiger partial charge on any atom is -0.493 e. The van der Waals surface area contributed by atoms with Crippen molar-refractivity contribution in [3.8, 4) is 11.5 Å². The molecule has 0 aliphatic carbocycles. The molecule has 0 fully saturated rings. The largest absolute Gasteiger partial charge is 0.493 e. The molecule has 0 saturated heterocycles. The fourth-order valence-corrected chi connectivity index (χ4v) is 2.11. The number of nitrogens with one attached hydrogen (secondary N) is 2. The van der Waals surface area contributed by atoms with Crippen molar-refractivity contribution in [2.45, 2.75) is 46.7 Å². The lowest BCUT2D eigenvalue weighted by molar-refractivity contribution is -0.124. The molecule has 0 aliphatic rings. The molecule has 1 amide bonds. The Balaban J connectivity index is 0.00000529. The molecule has 24 heavy (non-hydrogen) atoms. The van der Waals surface area contributed by atoms with Crippen molar-refractivity contribution >= 4 is 18.3 Å². The summed E-state index contributed by atoms with van der Waals surface area (Å²) in [6, 6.07) is 5.74. The summed E-state index contributed by atoms with van der Waals surface area (Å²) < 4.78 is 11.1. The Kier molecular flexibility index (Phi) is 9.78. The van der Waals surface area contributed by atoms with Gasteiger partial charge in [0.15, 0.2) is 18.1 Å². The highest BCUT2D eigenvalue weighted by Gasteiger charge is 2.16. The van der Waals surface area contributed by atoms with E-state index in [4.69, 9.17) is 9.47 Å². The van der Waals surface area contributed by atoms with Gasteiger partial charge in [0.25, 0.3) is 5.91 Å². The molecule has 0 unspecified atom stereocenters. The number of carbonyl (C=O) groups excluding carboxylic acids is 1. The van der Waals surface area contributed by atoms with Crippen LogP contribution in [0.5, 0.6) is 11.5 Å². The molecule has 6 heteroatoms. The number of rotatable bonds is 8. The van der Waals surface area contributed by atoms with Crippen LogP contribution >= 0.6 is 12.4 Å². The van der Waals surface area contributed by atoms with Gasteiger partial charge in [0.2, 0.25) is 0 Å². The quantitative estimate of drug-likeness (QED) is 0.749. The van der Waals surface area contributed by atoms with Crippen molar-refractivity contribution in [3.05, 3.63) is 23.8 Å². The molecule has 1 rings (SSSR count). The van der Waals surface area contributed by atoms with Gasteiger partial charge >= 0.3 is 0 Å². The molecule has 138 valence electrons. The van der Waals surface area contributed by atoms with Gasteiger partial charge in [-0.15, -0.1) is 12.4 Å². The maximum Gasteiger partial charge on any atom is 0.258 e. The van der Waals surface area contributed by atoms with Crippen LogP contribution in [0.4, 0.5) is 0 Å². The summed E-state index contributed by atoms with van der Waals surface area (Å²) in [5.41, 5.74) is 0.705. The smallest absolute Gasteiger partial charge is 0.258 e. The number of para-hydroxylation sites is 1. The third-order valence-corrected chi connectivity index (χ3v) is 3.01. The summed E-state index contributed by atoms with van der Waals surface area (Å²) in [5, 5.41) is 6.27. The molecule has 0 aromatic heterocycles. The van der Waals surface area contributed by atoms with Gasteiger partial charge in [0.1, 0.15) is 0 Å². The van der Waals surface area contributed by atoms with E-state index in [-0.39, 0.29) is 30.5 Å². The maximum absolute atomic E-state index is 12.0. The first kappa shape index (κ1) is 22.5. The van der Waals surface area contributed by atoms with Gasteiger partial charge in [-0.05, 0) is 39.3 Å². The highest BCUT2D eigenvalue weighted by atomic mass is 35.5. The van der Waals surface area contributed by atoms with Crippen LogP contribution in [0.1, 0.15) is 40.2 Å². The van der Waals surface area contributed by atoms with Gasteiger partial charge in [-0.3, -0.25) is 4.79 Å². The second kappa shape index (κ2) is 10.4. The van der Waals surface area contributed by atoms with Gasteiger partial charge in [0.05, 0.1) is 7.11 Å². The Morgan fingerprint density at radius 1 is 1.25 bits per heavy atom. The number of ether oxygens (including phenoxy) is 2. The van der Waals surface area contributed by atoms with Crippen molar-refractivity contribution in [3.63, 3.8) is 0 Å². The molecule has 0 spiro atoms. The van der Waals surface area contributed by atoms with Crippen LogP contribution in [0.15, 0.2) is 18.2 Å². The molecule has 0 atom stereocenters. The number of hydrogen-bond acceptors (Lipinski definition) is 4. The number of carbonyl (C=O) groups is 1. The summed E-state index contributed by atoms with van der Waals surface area (Å²) >= 11 is 0. The Bertz CT molecular complexity index is 513. The van der Waals surface area contributed by atoms with E-state index in [0.29, 0.717) is 24.0 Å². The molecule has 1 aromatic carbocycles. The fourth-order valence-electron chi connectivity index (χ4n) is 2.11. The van der Waals surface area contributed by atoms with Crippen molar-refractivity contribution in [1.29, 1.82) is 0 Å². The predicted octanol–water partition coefficient (Wildman–Crippen LogP) is 3.16. The molecule has 0 aliphatic heterocycles. The van der Waals surface area contributed by atoms with Crippen LogP contribution in [0.2, 0.25) is 0 Å². The number of amides is 1. The standard InChI is InChI=1S/C18H30N2O3.ClH/c1-13(2)10-19-11-14-8-7-9-15(22-6)17(14)23-12-16(21)20-18(3,4)5;/h7-9,13,19H,10-12H2,1-6H3,(H,20,21);1H. The number of methoxy groups -OCH3 is 1. The van der Waals surface area contributed by atoms with Crippen molar-refractivity contribution in [2.24, 2.45) is 5.92 Å². The lowest BCUT2D eigenvalue weighted by atomic mass is 10.1. The Hall–Kier alpha value is -1.46. The SMILES string of the molecule is COc1cccc(CNCC(C)C)c1OCC(=O)NC(C)(C)C.Cl. The first-order chi connectivity index (χ1) is 10.7.